The third-order valence-corrected chi connectivity index (χ3v) is 8.12. The zero-order valence-corrected chi connectivity index (χ0v) is 19.4. The summed E-state index contributed by atoms with van der Waals surface area (Å²) in [5, 5.41) is 0. The number of allylic oxidation sites excluding steroid dienone is 4. The first-order chi connectivity index (χ1) is 16.9. The molecule has 1 unspecified atom stereocenters. The summed E-state index contributed by atoms with van der Waals surface area (Å²) < 4.78 is 0. The molecule has 3 aliphatic rings. The highest BCUT2D eigenvalue weighted by atomic mass is 14.3. The Morgan fingerprint density at radius 1 is 0.529 bits per heavy atom. The van der Waals surface area contributed by atoms with Crippen molar-refractivity contribution in [3.05, 3.63) is 148 Å². The van der Waals surface area contributed by atoms with Crippen LogP contribution in [0.4, 0.5) is 0 Å². The highest BCUT2D eigenvalue weighted by molar-refractivity contribution is 5.85. The van der Waals surface area contributed by atoms with E-state index in [1.807, 2.05) is 0 Å². The van der Waals surface area contributed by atoms with Crippen molar-refractivity contribution in [1.82, 2.24) is 0 Å². The van der Waals surface area contributed by atoms with Gasteiger partial charge in [-0.25, -0.2) is 0 Å². The van der Waals surface area contributed by atoms with Crippen LogP contribution in [0.3, 0.4) is 0 Å². The predicted molar refractivity (Wildman–Crippen MR) is 142 cm³/mol. The quantitative estimate of drug-likeness (QED) is 0.301. The lowest BCUT2D eigenvalue weighted by molar-refractivity contribution is 0.750. The van der Waals surface area contributed by atoms with Gasteiger partial charge >= 0.3 is 0 Å². The molecule has 0 spiro atoms. The molecule has 34 heavy (non-hydrogen) atoms. The summed E-state index contributed by atoms with van der Waals surface area (Å²) in [6.07, 6.45) is 9.22. The maximum absolute atomic E-state index is 2.38. The summed E-state index contributed by atoms with van der Waals surface area (Å²) in [6.45, 7) is 0. The molecule has 0 fully saturated rings. The summed E-state index contributed by atoms with van der Waals surface area (Å²) in [7, 11) is 0. The fourth-order valence-electron chi connectivity index (χ4n) is 6.54. The molecule has 0 saturated heterocycles. The number of rotatable bonds is 4. The molecule has 3 aliphatic carbocycles. The zero-order valence-electron chi connectivity index (χ0n) is 19.4. The maximum atomic E-state index is 2.38. The first-order valence-electron chi connectivity index (χ1n) is 12.6. The van der Waals surface area contributed by atoms with Crippen LogP contribution in [0.2, 0.25) is 0 Å². The average Bonchev–Trinajstić information content (AvgIpc) is 3.39. The third kappa shape index (κ3) is 3.13. The molecular formula is C34H28. The van der Waals surface area contributed by atoms with E-state index in [4.69, 9.17) is 0 Å². The van der Waals surface area contributed by atoms with Crippen molar-refractivity contribution in [3.63, 3.8) is 0 Å². The minimum absolute atomic E-state index is 0.446. The van der Waals surface area contributed by atoms with Gasteiger partial charge in [-0.2, -0.15) is 0 Å². The molecule has 0 bridgehead atoms. The largest absolute Gasteiger partial charge is 0.0836 e. The molecule has 4 aromatic rings. The average molecular weight is 437 g/mol. The van der Waals surface area contributed by atoms with Crippen LogP contribution in [-0.4, -0.2) is 0 Å². The number of hydrogen-bond donors (Lipinski definition) is 0. The number of hydrogen-bond acceptors (Lipinski definition) is 0. The van der Waals surface area contributed by atoms with Gasteiger partial charge in [0, 0.05) is 11.8 Å². The molecule has 0 heterocycles. The Morgan fingerprint density at radius 2 is 1.03 bits per heavy atom. The number of fused-ring (bicyclic) bond motifs is 5. The summed E-state index contributed by atoms with van der Waals surface area (Å²) in [5.74, 6) is 0.970. The van der Waals surface area contributed by atoms with E-state index in [2.05, 4.69) is 109 Å². The van der Waals surface area contributed by atoms with Crippen molar-refractivity contribution in [3.8, 4) is 11.1 Å². The summed E-state index contributed by atoms with van der Waals surface area (Å²) >= 11 is 0. The molecule has 0 radical (unpaired) electrons. The molecule has 0 aliphatic heterocycles. The second-order valence-electron chi connectivity index (χ2n) is 9.97. The summed E-state index contributed by atoms with van der Waals surface area (Å²) in [5.41, 5.74) is 14.7. The topological polar surface area (TPSA) is 0 Å². The van der Waals surface area contributed by atoms with E-state index in [9.17, 15) is 0 Å². The molecule has 1 atom stereocenters. The summed E-state index contributed by atoms with van der Waals surface area (Å²) in [4.78, 5) is 0. The van der Waals surface area contributed by atoms with E-state index < -0.39 is 0 Å². The van der Waals surface area contributed by atoms with Crippen molar-refractivity contribution in [1.29, 1.82) is 0 Å². The Bertz CT molecular complexity index is 1400. The fourth-order valence-corrected chi connectivity index (χ4v) is 6.54. The van der Waals surface area contributed by atoms with Crippen molar-refractivity contribution in [2.45, 2.75) is 37.5 Å². The van der Waals surface area contributed by atoms with Crippen LogP contribution in [0.5, 0.6) is 0 Å². The van der Waals surface area contributed by atoms with Gasteiger partial charge in [0.2, 0.25) is 0 Å². The maximum Gasteiger partial charge on any atom is 0.0142 e. The Morgan fingerprint density at radius 3 is 1.65 bits per heavy atom. The van der Waals surface area contributed by atoms with Crippen LogP contribution in [0.15, 0.2) is 115 Å². The van der Waals surface area contributed by atoms with Crippen molar-refractivity contribution >= 4 is 5.57 Å². The highest BCUT2D eigenvalue weighted by Crippen LogP contribution is 2.48. The van der Waals surface area contributed by atoms with Gasteiger partial charge in [-0.3, -0.25) is 0 Å². The lowest BCUT2D eigenvalue weighted by Crippen LogP contribution is -2.05. The van der Waals surface area contributed by atoms with Crippen LogP contribution in [0, 0.1) is 0 Å². The minimum atomic E-state index is 0.446. The van der Waals surface area contributed by atoms with Gasteiger partial charge in [0.25, 0.3) is 0 Å². The highest BCUT2D eigenvalue weighted by Gasteiger charge is 2.31. The second kappa shape index (κ2) is 7.99. The molecule has 0 heteroatoms. The van der Waals surface area contributed by atoms with Gasteiger partial charge in [-0.1, -0.05) is 115 Å². The monoisotopic (exact) mass is 436 g/mol. The Balaban J connectivity index is 1.16. The second-order valence-corrected chi connectivity index (χ2v) is 9.97. The molecule has 0 aromatic heterocycles. The van der Waals surface area contributed by atoms with Crippen LogP contribution in [0.1, 0.15) is 58.1 Å². The van der Waals surface area contributed by atoms with Crippen LogP contribution in [0.25, 0.3) is 16.7 Å². The summed E-state index contributed by atoms with van der Waals surface area (Å²) in [6, 6.07) is 36.4. The van der Waals surface area contributed by atoms with E-state index in [1.165, 1.54) is 62.9 Å². The Labute approximate surface area is 202 Å². The van der Waals surface area contributed by atoms with Gasteiger partial charge in [0.05, 0.1) is 0 Å². The van der Waals surface area contributed by atoms with Crippen molar-refractivity contribution < 1.29 is 0 Å². The van der Waals surface area contributed by atoms with Crippen molar-refractivity contribution in [2.24, 2.45) is 0 Å². The van der Waals surface area contributed by atoms with E-state index in [0.29, 0.717) is 11.8 Å². The minimum Gasteiger partial charge on any atom is -0.0836 e. The van der Waals surface area contributed by atoms with Crippen LogP contribution < -0.4 is 0 Å². The van der Waals surface area contributed by atoms with Gasteiger partial charge in [-0.05, 0) is 75.8 Å². The van der Waals surface area contributed by atoms with E-state index in [1.54, 1.807) is 5.57 Å². The molecule has 7 rings (SSSR count). The Kier molecular flexibility index (Phi) is 4.65. The molecule has 4 aromatic carbocycles. The fraction of sp³-hybridized carbons (Fsp3) is 0.176. The third-order valence-electron chi connectivity index (χ3n) is 8.12. The van der Waals surface area contributed by atoms with Gasteiger partial charge in [0.1, 0.15) is 0 Å². The predicted octanol–water partition coefficient (Wildman–Crippen LogP) is 8.49. The molecule has 0 amide bonds. The molecule has 0 saturated carbocycles. The normalized spacial score (nSPS) is 17.9. The van der Waals surface area contributed by atoms with Crippen molar-refractivity contribution in [2.75, 3.05) is 0 Å². The van der Waals surface area contributed by atoms with Crippen LogP contribution in [-0.2, 0) is 12.8 Å². The van der Waals surface area contributed by atoms with E-state index >= 15 is 0 Å². The lowest BCUT2D eigenvalue weighted by Gasteiger charge is -2.19. The SMILES string of the molecule is C1=CC2=C(CC1)C(Cc1ccc(CC3c4ccccc4-c4ccccc43)cc1)c1ccccc12. The molecule has 0 nitrogen and oxygen atoms in total. The van der Waals surface area contributed by atoms with Gasteiger partial charge in [-0.15, -0.1) is 0 Å². The first kappa shape index (κ1) is 19.8. The Hall–Kier alpha value is -3.64. The van der Waals surface area contributed by atoms with Gasteiger partial charge < -0.3 is 0 Å². The molecule has 0 N–H and O–H groups in total. The number of benzene rings is 4. The van der Waals surface area contributed by atoms with Gasteiger partial charge in [0.15, 0.2) is 0 Å². The van der Waals surface area contributed by atoms with Crippen LogP contribution >= 0.6 is 0 Å². The standard InChI is InChI=1S/C34H28/c1-5-13-29-25(9-1)26-10-2-6-14-30(26)33(29)21-23-17-19-24(20-18-23)22-34-31-15-7-3-11-27(31)28-12-4-8-16-32(28)34/h1-7,9-15,17-20,33-34H,8,16,21-22H2. The zero-order chi connectivity index (χ0) is 22.5. The molecular weight excluding hydrogens is 408 g/mol. The first-order valence-corrected chi connectivity index (χ1v) is 12.6. The molecule has 164 valence electrons. The van der Waals surface area contributed by atoms with E-state index in [-0.39, 0.29) is 0 Å². The smallest absolute Gasteiger partial charge is 0.0142 e. The van der Waals surface area contributed by atoms with E-state index in [0.717, 1.165) is 12.8 Å². The lowest BCUT2D eigenvalue weighted by atomic mass is 9.85.